The molecule has 0 unspecified atom stereocenters. The molecule has 0 bridgehead atoms. The maximum absolute atomic E-state index is 11.6. The van der Waals surface area contributed by atoms with Crippen LogP contribution in [0.1, 0.15) is 19.8 Å². The first-order chi connectivity index (χ1) is 8.61. The molecule has 1 saturated carbocycles. The van der Waals surface area contributed by atoms with Gasteiger partial charge in [-0.05, 0) is 41.8 Å². The first-order valence-electron chi connectivity index (χ1n) is 5.95. The van der Waals surface area contributed by atoms with E-state index in [-0.39, 0.29) is 12.5 Å². The molecule has 0 radical (unpaired) electrons. The summed E-state index contributed by atoms with van der Waals surface area (Å²) >= 11 is 3.44. The van der Waals surface area contributed by atoms with E-state index in [4.69, 9.17) is 10.5 Å². The van der Waals surface area contributed by atoms with Crippen LogP contribution in [0.4, 0.5) is 11.5 Å². The highest BCUT2D eigenvalue weighted by molar-refractivity contribution is 9.10. The van der Waals surface area contributed by atoms with Gasteiger partial charge < -0.3 is 15.4 Å². The Balaban J connectivity index is 2.16. The summed E-state index contributed by atoms with van der Waals surface area (Å²) in [5.74, 6) is 0.523. The van der Waals surface area contributed by atoms with Gasteiger partial charge in [0, 0.05) is 6.04 Å². The van der Waals surface area contributed by atoms with Crippen molar-refractivity contribution in [3.63, 3.8) is 0 Å². The van der Waals surface area contributed by atoms with E-state index in [1.54, 1.807) is 19.2 Å². The number of anilines is 2. The van der Waals surface area contributed by atoms with Crippen molar-refractivity contribution in [2.75, 3.05) is 23.8 Å². The van der Waals surface area contributed by atoms with Gasteiger partial charge in [0.25, 0.3) is 0 Å². The van der Waals surface area contributed by atoms with Crippen molar-refractivity contribution < 1.29 is 9.53 Å². The minimum Gasteiger partial charge on any atom is -0.465 e. The van der Waals surface area contributed by atoms with Crippen LogP contribution < -0.4 is 10.6 Å². The van der Waals surface area contributed by atoms with E-state index in [2.05, 4.69) is 20.9 Å². The molecule has 6 heteroatoms. The smallest absolute Gasteiger partial charge is 0.325 e. The summed E-state index contributed by atoms with van der Waals surface area (Å²) in [5, 5.41) is 0. The van der Waals surface area contributed by atoms with Crippen molar-refractivity contribution in [3.8, 4) is 0 Å². The van der Waals surface area contributed by atoms with Crippen molar-refractivity contribution in [2.45, 2.75) is 25.8 Å². The number of carbonyl (C=O) groups is 1. The minimum atomic E-state index is -0.227. The fourth-order valence-electron chi connectivity index (χ4n) is 1.77. The maximum Gasteiger partial charge on any atom is 0.325 e. The summed E-state index contributed by atoms with van der Waals surface area (Å²) in [4.78, 5) is 17.9. The average molecular weight is 314 g/mol. The zero-order valence-corrected chi connectivity index (χ0v) is 11.8. The molecule has 5 nitrogen and oxygen atoms in total. The van der Waals surface area contributed by atoms with Gasteiger partial charge in [-0.25, -0.2) is 4.98 Å². The predicted octanol–water partition coefficient (Wildman–Crippen LogP) is 1.96. The number of nitrogens with zero attached hydrogens (tertiary/aromatic N) is 2. The molecule has 2 N–H and O–H groups in total. The van der Waals surface area contributed by atoms with Crippen molar-refractivity contribution in [1.29, 1.82) is 0 Å². The van der Waals surface area contributed by atoms with Gasteiger partial charge in [-0.3, -0.25) is 4.79 Å². The molecule has 0 saturated heterocycles. The van der Waals surface area contributed by atoms with E-state index in [1.165, 1.54) is 0 Å². The highest BCUT2D eigenvalue weighted by Crippen LogP contribution is 2.34. The Hall–Kier alpha value is -1.30. The predicted molar refractivity (Wildman–Crippen MR) is 73.4 cm³/mol. The maximum atomic E-state index is 11.6. The number of aromatic nitrogens is 1. The lowest BCUT2D eigenvalue weighted by atomic mass is 10.3. The van der Waals surface area contributed by atoms with E-state index in [0.717, 1.165) is 23.1 Å². The number of hydrogen-bond donors (Lipinski definition) is 1. The van der Waals surface area contributed by atoms with Gasteiger partial charge in [0.05, 0.1) is 23.0 Å². The van der Waals surface area contributed by atoms with Gasteiger partial charge in [0.1, 0.15) is 12.4 Å². The monoisotopic (exact) mass is 313 g/mol. The Labute approximate surface area is 114 Å². The molecule has 0 aliphatic heterocycles. The number of carbonyl (C=O) groups excluding carboxylic acids is 1. The Morgan fingerprint density at radius 3 is 2.94 bits per heavy atom. The zero-order valence-electron chi connectivity index (χ0n) is 10.2. The van der Waals surface area contributed by atoms with Crippen LogP contribution in [-0.4, -0.2) is 30.1 Å². The SMILES string of the molecule is CCOC(=O)CN(c1ncc(N)cc1Br)C1CC1. The molecule has 0 aromatic carbocycles. The summed E-state index contributed by atoms with van der Waals surface area (Å²) in [5.41, 5.74) is 6.26. The summed E-state index contributed by atoms with van der Waals surface area (Å²) in [6, 6.07) is 2.17. The van der Waals surface area contributed by atoms with Gasteiger partial charge in [0.15, 0.2) is 0 Å². The second kappa shape index (κ2) is 5.56. The number of hydrogen-bond acceptors (Lipinski definition) is 5. The molecule has 2 rings (SSSR count). The van der Waals surface area contributed by atoms with Crippen LogP contribution in [0.25, 0.3) is 0 Å². The number of nitrogens with two attached hydrogens (primary N) is 1. The van der Waals surface area contributed by atoms with Gasteiger partial charge in [-0.1, -0.05) is 0 Å². The van der Waals surface area contributed by atoms with Crippen LogP contribution >= 0.6 is 15.9 Å². The van der Waals surface area contributed by atoms with E-state index >= 15 is 0 Å². The molecule has 1 aliphatic carbocycles. The second-order valence-corrected chi connectivity index (χ2v) is 5.09. The lowest BCUT2D eigenvalue weighted by Crippen LogP contribution is -2.33. The Morgan fingerprint density at radius 2 is 2.39 bits per heavy atom. The van der Waals surface area contributed by atoms with E-state index in [9.17, 15) is 4.79 Å². The van der Waals surface area contributed by atoms with Gasteiger partial charge in [-0.15, -0.1) is 0 Å². The summed E-state index contributed by atoms with van der Waals surface area (Å²) in [6.45, 7) is 2.43. The fraction of sp³-hybridized carbons (Fsp3) is 0.500. The van der Waals surface area contributed by atoms with Crippen LogP contribution in [-0.2, 0) is 9.53 Å². The molecular formula is C12H16BrN3O2. The largest absolute Gasteiger partial charge is 0.465 e. The van der Waals surface area contributed by atoms with Crippen LogP contribution in [0, 0.1) is 0 Å². The lowest BCUT2D eigenvalue weighted by Gasteiger charge is -2.23. The quantitative estimate of drug-likeness (QED) is 0.842. The van der Waals surface area contributed by atoms with Crippen molar-refractivity contribution in [3.05, 3.63) is 16.7 Å². The average Bonchev–Trinajstić information content (AvgIpc) is 3.11. The third-order valence-electron chi connectivity index (χ3n) is 2.71. The fourth-order valence-corrected chi connectivity index (χ4v) is 2.36. The third-order valence-corrected chi connectivity index (χ3v) is 3.29. The summed E-state index contributed by atoms with van der Waals surface area (Å²) < 4.78 is 5.79. The molecular weight excluding hydrogens is 298 g/mol. The van der Waals surface area contributed by atoms with Gasteiger partial charge in [-0.2, -0.15) is 0 Å². The van der Waals surface area contributed by atoms with Crippen LogP contribution in [0.5, 0.6) is 0 Å². The van der Waals surface area contributed by atoms with Crippen molar-refractivity contribution in [2.24, 2.45) is 0 Å². The van der Waals surface area contributed by atoms with Crippen molar-refractivity contribution in [1.82, 2.24) is 4.98 Å². The van der Waals surface area contributed by atoms with Crippen molar-refractivity contribution >= 4 is 33.4 Å². The van der Waals surface area contributed by atoms with Gasteiger partial charge in [0.2, 0.25) is 0 Å². The molecule has 0 atom stereocenters. The molecule has 1 heterocycles. The minimum absolute atomic E-state index is 0.227. The molecule has 1 aliphatic rings. The van der Waals surface area contributed by atoms with E-state index in [1.807, 2.05) is 4.90 Å². The third kappa shape index (κ3) is 3.13. The van der Waals surface area contributed by atoms with Crippen LogP contribution in [0.15, 0.2) is 16.7 Å². The number of nitrogen functional groups attached to an aromatic ring is 1. The highest BCUT2D eigenvalue weighted by Gasteiger charge is 2.32. The first kappa shape index (κ1) is 13.1. The molecule has 1 aromatic heterocycles. The number of esters is 1. The van der Waals surface area contributed by atoms with Gasteiger partial charge >= 0.3 is 5.97 Å². The Morgan fingerprint density at radius 1 is 1.67 bits per heavy atom. The number of halogens is 1. The number of pyridine rings is 1. The van der Waals surface area contributed by atoms with E-state index < -0.39 is 0 Å². The Kier molecular flexibility index (Phi) is 4.06. The molecule has 0 spiro atoms. The Bertz CT molecular complexity index is 449. The first-order valence-corrected chi connectivity index (χ1v) is 6.74. The summed E-state index contributed by atoms with van der Waals surface area (Å²) in [6.07, 6.45) is 3.76. The molecule has 18 heavy (non-hydrogen) atoms. The topological polar surface area (TPSA) is 68.5 Å². The summed E-state index contributed by atoms with van der Waals surface area (Å²) in [7, 11) is 0. The van der Waals surface area contributed by atoms with E-state index in [0.29, 0.717) is 18.3 Å². The molecule has 1 fully saturated rings. The molecule has 1 aromatic rings. The molecule has 0 amide bonds. The normalized spacial score (nSPS) is 14.3. The lowest BCUT2D eigenvalue weighted by molar-refractivity contribution is -0.141. The zero-order chi connectivity index (χ0) is 13.1. The molecule has 98 valence electrons. The van der Waals surface area contributed by atoms with Crippen LogP contribution in [0.3, 0.4) is 0 Å². The highest BCUT2D eigenvalue weighted by atomic mass is 79.9. The van der Waals surface area contributed by atoms with Crippen LogP contribution in [0.2, 0.25) is 0 Å². The second-order valence-electron chi connectivity index (χ2n) is 4.24. The number of ether oxygens (including phenoxy) is 1. The number of rotatable bonds is 5. The standard InChI is InChI=1S/C12H16BrN3O2/c1-2-18-11(17)7-16(9-3-4-9)12-10(13)5-8(14)6-15-12/h5-6,9H,2-4,7,14H2,1H3.